The molecule has 3 aromatic rings. The van der Waals surface area contributed by atoms with E-state index >= 15 is 0 Å². The lowest BCUT2D eigenvalue weighted by Gasteiger charge is -2.39. The Hall–Kier alpha value is -2.96. The van der Waals surface area contributed by atoms with Crippen LogP contribution in [-0.4, -0.2) is 20.2 Å². The number of hydrogen-bond acceptors (Lipinski definition) is 4. The molecule has 28 heavy (non-hydrogen) atoms. The number of aromatic amines is 1. The lowest BCUT2D eigenvalue weighted by molar-refractivity contribution is 0.197. The van der Waals surface area contributed by atoms with E-state index in [1.165, 1.54) is 30.5 Å². The molecule has 7 heteroatoms. The second-order valence-corrected chi connectivity index (χ2v) is 7.98. The van der Waals surface area contributed by atoms with E-state index in [0.29, 0.717) is 11.5 Å². The minimum absolute atomic E-state index is 0.0120. The SMILES string of the molecule is C[C@H]1c2cc(-c3c(F)cccc3F)nnc2[C@](C)(c2nccc(=O)[nH]2)C1(C)C. The molecule has 1 aromatic carbocycles. The summed E-state index contributed by atoms with van der Waals surface area (Å²) in [5.41, 5.74) is 0.0981. The number of nitrogens with zero attached hydrogens (tertiary/aromatic N) is 3. The van der Waals surface area contributed by atoms with Gasteiger partial charge < -0.3 is 4.98 Å². The normalized spacial score (nSPS) is 22.9. The molecule has 0 spiro atoms. The Morgan fingerprint density at radius 1 is 1.07 bits per heavy atom. The molecule has 0 saturated heterocycles. The Kier molecular flexibility index (Phi) is 3.96. The number of benzene rings is 1. The quantitative estimate of drug-likeness (QED) is 0.728. The maximum absolute atomic E-state index is 14.2. The molecule has 1 aliphatic carbocycles. The minimum atomic E-state index is -0.721. The number of nitrogens with one attached hydrogen (secondary N) is 1. The summed E-state index contributed by atoms with van der Waals surface area (Å²) >= 11 is 0. The molecule has 144 valence electrons. The van der Waals surface area contributed by atoms with E-state index in [9.17, 15) is 13.6 Å². The highest BCUT2D eigenvalue weighted by Crippen LogP contribution is 2.59. The fourth-order valence-electron chi connectivity index (χ4n) is 4.16. The van der Waals surface area contributed by atoms with Gasteiger partial charge in [-0.2, -0.15) is 5.10 Å². The Morgan fingerprint density at radius 2 is 1.75 bits per heavy atom. The Morgan fingerprint density at radius 3 is 2.39 bits per heavy atom. The zero-order chi connectivity index (χ0) is 20.3. The zero-order valence-electron chi connectivity index (χ0n) is 16.0. The van der Waals surface area contributed by atoms with Crippen LogP contribution in [0.4, 0.5) is 8.78 Å². The van der Waals surface area contributed by atoms with Crippen molar-refractivity contribution in [2.75, 3.05) is 0 Å². The fourth-order valence-corrected chi connectivity index (χ4v) is 4.16. The number of aromatic nitrogens is 4. The summed E-state index contributed by atoms with van der Waals surface area (Å²) in [4.78, 5) is 19.1. The van der Waals surface area contributed by atoms with E-state index in [4.69, 9.17) is 0 Å². The van der Waals surface area contributed by atoms with Gasteiger partial charge in [-0.3, -0.25) is 4.79 Å². The average molecular weight is 382 g/mol. The smallest absolute Gasteiger partial charge is 0.250 e. The number of hydrogen-bond donors (Lipinski definition) is 1. The van der Waals surface area contributed by atoms with Gasteiger partial charge in [0.25, 0.3) is 5.56 Å². The highest BCUT2D eigenvalue weighted by Gasteiger charge is 2.57. The maximum Gasteiger partial charge on any atom is 0.250 e. The summed E-state index contributed by atoms with van der Waals surface area (Å²) in [6, 6.07) is 6.76. The van der Waals surface area contributed by atoms with E-state index in [-0.39, 0.29) is 28.1 Å². The van der Waals surface area contributed by atoms with Gasteiger partial charge in [0.05, 0.1) is 22.4 Å². The van der Waals surface area contributed by atoms with Gasteiger partial charge in [-0.1, -0.05) is 26.8 Å². The van der Waals surface area contributed by atoms with E-state index < -0.39 is 17.0 Å². The van der Waals surface area contributed by atoms with Crippen molar-refractivity contribution >= 4 is 0 Å². The molecule has 0 fully saturated rings. The molecule has 0 radical (unpaired) electrons. The van der Waals surface area contributed by atoms with Crippen molar-refractivity contribution in [1.82, 2.24) is 20.2 Å². The van der Waals surface area contributed by atoms with Crippen molar-refractivity contribution in [3.05, 3.63) is 75.6 Å². The second kappa shape index (κ2) is 6.02. The highest BCUT2D eigenvalue weighted by molar-refractivity contribution is 5.63. The van der Waals surface area contributed by atoms with Gasteiger partial charge >= 0.3 is 0 Å². The molecular formula is C21H20F2N4O. The lowest BCUT2D eigenvalue weighted by Crippen LogP contribution is -2.41. The summed E-state index contributed by atoms with van der Waals surface area (Å²) in [7, 11) is 0. The van der Waals surface area contributed by atoms with Gasteiger partial charge in [0.1, 0.15) is 17.5 Å². The molecular weight excluding hydrogens is 362 g/mol. The third kappa shape index (κ3) is 2.35. The number of rotatable bonds is 2. The van der Waals surface area contributed by atoms with Crippen molar-refractivity contribution in [3.8, 4) is 11.3 Å². The van der Waals surface area contributed by atoms with Crippen LogP contribution in [0.3, 0.4) is 0 Å². The molecule has 1 N–H and O–H groups in total. The van der Waals surface area contributed by atoms with E-state index in [1.54, 1.807) is 6.07 Å². The van der Waals surface area contributed by atoms with E-state index in [1.807, 2.05) is 13.8 Å². The Bertz CT molecular complexity index is 1120. The van der Waals surface area contributed by atoms with Crippen LogP contribution in [0.1, 0.15) is 50.7 Å². The van der Waals surface area contributed by atoms with Gasteiger partial charge in [-0.15, -0.1) is 5.10 Å². The summed E-state index contributed by atoms with van der Waals surface area (Å²) < 4.78 is 28.5. The largest absolute Gasteiger partial charge is 0.310 e. The van der Waals surface area contributed by atoms with Crippen LogP contribution in [0.2, 0.25) is 0 Å². The molecule has 4 rings (SSSR count). The maximum atomic E-state index is 14.2. The molecule has 0 saturated carbocycles. The third-order valence-electron chi connectivity index (χ3n) is 6.50. The number of halogens is 2. The van der Waals surface area contributed by atoms with Crippen molar-refractivity contribution in [2.45, 2.75) is 39.0 Å². The summed E-state index contributed by atoms with van der Waals surface area (Å²) in [5.74, 6) is -0.885. The zero-order valence-corrected chi connectivity index (χ0v) is 16.0. The molecule has 2 atom stereocenters. The van der Waals surface area contributed by atoms with Crippen molar-refractivity contribution < 1.29 is 8.78 Å². The average Bonchev–Trinajstić information content (AvgIpc) is 2.80. The topological polar surface area (TPSA) is 71.5 Å². The number of fused-ring (bicyclic) bond motifs is 1. The Labute approximate surface area is 160 Å². The first kappa shape index (κ1) is 18.4. The second-order valence-electron chi connectivity index (χ2n) is 7.98. The molecule has 0 unspecified atom stereocenters. The highest BCUT2D eigenvalue weighted by atomic mass is 19.1. The van der Waals surface area contributed by atoms with Crippen LogP contribution in [0, 0.1) is 17.0 Å². The predicted octanol–water partition coefficient (Wildman–Crippen LogP) is 3.95. The van der Waals surface area contributed by atoms with Crippen LogP contribution in [0.15, 0.2) is 41.3 Å². The molecule has 1 aliphatic rings. The van der Waals surface area contributed by atoms with E-state index in [0.717, 1.165) is 5.56 Å². The molecule has 2 aromatic heterocycles. The van der Waals surface area contributed by atoms with Crippen molar-refractivity contribution in [2.24, 2.45) is 5.41 Å². The van der Waals surface area contributed by atoms with Gasteiger partial charge in [0.2, 0.25) is 0 Å². The van der Waals surface area contributed by atoms with Gasteiger partial charge in [-0.25, -0.2) is 13.8 Å². The fraction of sp³-hybridized carbons (Fsp3) is 0.333. The predicted molar refractivity (Wildman–Crippen MR) is 101 cm³/mol. The van der Waals surface area contributed by atoms with Gasteiger partial charge in [0.15, 0.2) is 0 Å². The van der Waals surface area contributed by atoms with Crippen LogP contribution in [-0.2, 0) is 5.41 Å². The van der Waals surface area contributed by atoms with E-state index in [2.05, 4.69) is 34.0 Å². The molecule has 0 amide bonds. The van der Waals surface area contributed by atoms with Gasteiger partial charge in [-0.05, 0) is 42.0 Å². The summed E-state index contributed by atoms with van der Waals surface area (Å²) in [5, 5.41) is 8.51. The van der Waals surface area contributed by atoms with Crippen LogP contribution >= 0.6 is 0 Å². The van der Waals surface area contributed by atoms with Crippen molar-refractivity contribution in [3.63, 3.8) is 0 Å². The van der Waals surface area contributed by atoms with Crippen LogP contribution < -0.4 is 5.56 Å². The lowest BCUT2D eigenvalue weighted by atomic mass is 9.64. The van der Waals surface area contributed by atoms with Gasteiger partial charge in [0, 0.05) is 12.3 Å². The molecule has 5 nitrogen and oxygen atoms in total. The van der Waals surface area contributed by atoms with Crippen molar-refractivity contribution in [1.29, 1.82) is 0 Å². The summed E-state index contributed by atoms with van der Waals surface area (Å²) in [6.07, 6.45) is 1.47. The van der Waals surface area contributed by atoms with Crippen LogP contribution in [0.5, 0.6) is 0 Å². The minimum Gasteiger partial charge on any atom is -0.310 e. The first-order valence-corrected chi connectivity index (χ1v) is 9.06. The number of H-pyrrole nitrogens is 1. The Balaban J connectivity index is 1.96. The summed E-state index contributed by atoms with van der Waals surface area (Å²) in [6.45, 7) is 8.13. The first-order valence-electron chi connectivity index (χ1n) is 9.06. The standard InChI is InChI=1S/C21H20F2N4O/c1-11-12-10-15(17-13(22)6-5-7-14(17)23)26-27-18(12)21(4,20(11,2)3)19-24-9-8-16(28)25-19/h5-11H,1-4H3,(H,24,25,28)/t11-,21+/m0/s1. The monoisotopic (exact) mass is 382 g/mol. The molecule has 0 aliphatic heterocycles. The third-order valence-corrected chi connectivity index (χ3v) is 6.50. The van der Waals surface area contributed by atoms with Crippen LogP contribution in [0.25, 0.3) is 11.3 Å². The first-order chi connectivity index (χ1) is 13.2. The molecule has 0 bridgehead atoms. The molecule has 2 heterocycles.